The minimum Gasteiger partial charge on any atom is -0.481 e. The van der Waals surface area contributed by atoms with Crippen molar-refractivity contribution in [3.8, 4) is 0 Å². The van der Waals surface area contributed by atoms with E-state index in [0.717, 1.165) is 9.91 Å². The minimum absolute atomic E-state index is 0.0255. The Morgan fingerprint density at radius 1 is 0.979 bits per heavy atom. The maximum Gasteiger partial charge on any atom is 0.305 e. The standard InChI is InChI=1S/C34H29ClFN3O8/c35-18-3-1-17(2-4-18)34-25(31(44)39(33(34)46)37-20-7-5-19(36)6-8-20)15-24-22(29(34)26-12-9-21(16-40)47-26)10-11-23-28(24)32(45)38(30(23)43)14-13-27(41)42/h1-10,12,23-25,28-29,37,40H,11,13-16H2,(H,41,42)/t23-,24+,25-,28-,29+,34+/m0/s1. The first-order chi connectivity index (χ1) is 22.6. The highest BCUT2D eigenvalue weighted by Gasteiger charge is 2.71. The van der Waals surface area contributed by atoms with Gasteiger partial charge < -0.3 is 14.6 Å². The number of fused-ring (bicyclic) bond motifs is 4. The molecule has 4 aliphatic rings. The number of rotatable bonds is 8. The molecule has 3 aromatic rings. The summed E-state index contributed by atoms with van der Waals surface area (Å²) in [7, 11) is 0. The fourth-order valence-electron chi connectivity index (χ4n) is 8.09. The van der Waals surface area contributed by atoms with Gasteiger partial charge in [0.05, 0.1) is 35.8 Å². The van der Waals surface area contributed by atoms with Crippen molar-refractivity contribution < 1.29 is 43.0 Å². The molecular weight excluding hydrogens is 633 g/mol. The number of carbonyl (C=O) groups excluding carboxylic acids is 4. The van der Waals surface area contributed by atoms with Crippen molar-refractivity contribution in [1.82, 2.24) is 9.91 Å². The maximum absolute atomic E-state index is 14.9. The number of hydrogen-bond donors (Lipinski definition) is 3. The molecule has 1 aromatic heterocycles. The zero-order chi connectivity index (χ0) is 33.2. The average molecular weight is 662 g/mol. The molecule has 1 saturated carbocycles. The molecule has 7 rings (SSSR count). The van der Waals surface area contributed by atoms with Gasteiger partial charge in [0, 0.05) is 11.6 Å². The summed E-state index contributed by atoms with van der Waals surface area (Å²) in [6.07, 6.45) is 1.62. The molecule has 2 aliphatic heterocycles. The van der Waals surface area contributed by atoms with Gasteiger partial charge in [0.15, 0.2) is 0 Å². The minimum atomic E-state index is -1.61. The quantitative estimate of drug-likeness (QED) is 0.240. The summed E-state index contributed by atoms with van der Waals surface area (Å²) in [5, 5.41) is 20.5. The van der Waals surface area contributed by atoms with Gasteiger partial charge in [0.1, 0.15) is 29.4 Å². The molecule has 47 heavy (non-hydrogen) atoms. The van der Waals surface area contributed by atoms with E-state index in [2.05, 4.69) is 5.43 Å². The normalized spacial score (nSPS) is 28.2. The van der Waals surface area contributed by atoms with Crippen LogP contribution in [-0.4, -0.2) is 56.3 Å². The molecule has 2 aliphatic carbocycles. The molecule has 3 N–H and O–H groups in total. The lowest BCUT2D eigenvalue weighted by atomic mass is 9.50. The van der Waals surface area contributed by atoms with E-state index in [0.29, 0.717) is 16.2 Å². The number of aliphatic hydroxyl groups is 1. The Labute approximate surface area is 272 Å². The van der Waals surface area contributed by atoms with Gasteiger partial charge in [-0.2, -0.15) is 5.01 Å². The zero-order valence-corrected chi connectivity index (χ0v) is 25.5. The number of likely N-dealkylation sites (tertiary alicyclic amines) is 1. The number of halogens is 2. The van der Waals surface area contributed by atoms with Crippen LogP contribution in [-0.2, 0) is 36.0 Å². The van der Waals surface area contributed by atoms with Crippen molar-refractivity contribution in [2.75, 3.05) is 12.0 Å². The van der Waals surface area contributed by atoms with Gasteiger partial charge in [-0.25, -0.2) is 4.39 Å². The Hall–Kier alpha value is -4.81. The molecule has 0 bridgehead atoms. The van der Waals surface area contributed by atoms with Gasteiger partial charge in [-0.05, 0) is 72.9 Å². The van der Waals surface area contributed by atoms with Gasteiger partial charge in [0.2, 0.25) is 11.8 Å². The van der Waals surface area contributed by atoms with Crippen LogP contribution in [0.3, 0.4) is 0 Å². The third kappa shape index (κ3) is 4.69. The lowest BCUT2D eigenvalue weighted by molar-refractivity contribution is -0.143. The molecule has 0 unspecified atom stereocenters. The molecule has 2 saturated heterocycles. The molecule has 0 radical (unpaired) electrons. The number of carboxylic acids is 1. The Morgan fingerprint density at radius 3 is 2.36 bits per heavy atom. The van der Waals surface area contributed by atoms with Gasteiger partial charge >= 0.3 is 5.97 Å². The lowest BCUT2D eigenvalue weighted by Crippen LogP contribution is -2.53. The molecule has 3 fully saturated rings. The number of carboxylic acid groups (broad SMARTS) is 1. The fourth-order valence-corrected chi connectivity index (χ4v) is 8.22. The number of allylic oxidation sites excluding steroid dienone is 2. The topological polar surface area (TPSA) is 157 Å². The fraction of sp³-hybridized carbons (Fsp3) is 0.324. The monoisotopic (exact) mass is 661 g/mol. The first kappa shape index (κ1) is 30.8. The summed E-state index contributed by atoms with van der Waals surface area (Å²) in [5.74, 6) is -7.61. The number of aliphatic carboxylic acids is 1. The second-order valence-electron chi connectivity index (χ2n) is 12.3. The van der Waals surface area contributed by atoms with E-state index >= 15 is 0 Å². The number of carbonyl (C=O) groups is 5. The van der Waals surface area contributed by atoms with Crippen LogP contribution in [0.1, 0.15) is 42.3 Å². The van der Waals surface area contributed by atoms with E-state index in [1.807, 2.05) is 6.08 Å². The highest BCUT2D eigenvalue weighted by Crippen LogP contribution is 2.64. The maximum atomic E-state index is 14.9. The van der Waals surface area contributed by atoms with Gasteiger partial charge in [-0.3, -0.25) is 34.3 Å². The second-order valence-corrected chi connectivity index (χ2v) is 12.7. The summed E-state index contributed by atoms with van der Waals surface area (Å²) in [4.78, 5) is 69.0. The lowest BCUT2D eigenvalue weighted by Gasteiger charge is -2.49. The van der Waals surface area contributed by atoms with Gasteiger partial charge in [-0.1, -0.05) is 35.4 Å². The van der Waals surface area contributed by atoms with Crippen molar-refractivity contribution in [3.05, 3.63) is 100 Å². The van der Waals surface area contributed by atoms with E-state index in [-0.39, 0.29) is 36.6 Å². The van der Waals surface area contributed by atoms with Crippen molar-refractivity contribution >= 4 is 46.9 Å². The number of benzene rings is 2. The number of aliphatic hydroxyl groups excluding tert-OH is 1. The summed E-state index contributed by atoms with van der Waals surface area (Å²) in [6.45, 7) is -0.692. The van der Waals surface area contributed by atoms with Crippen LogP contribution < -0.4 is 5.43 Å². The SMILES string of the molecule is O=C(O)CCN1C(=O)[C@H]2[C@H](CC=C3[C@H]2C[C@H]2C(=O)N(Nc4ccc(F)cc4)C(=O)[C@@]2(c2ccc(Cl)cc2)[C@H]3c2ccc(CO)o2)C1=O. The highest BCUT2D eigenvalue weighted by atomic mass is 35.5. The average Bonchev–Trinajstić information content (AvgIpc) is 3.69. The van der Waals surface area contributed by atoms with Crippen LogP contribution in [0.25, 0.3) is 0 Å². The summed E-state index contributed by atoms with van der Waals surface area (Å²) in [5.41, 5.74) is 2.66. The van der Waals surface area contributed by atoms with Gasteiger partial charge in [-0.15, -0.1) is 0 Å². The number of nitrogens with zero attached hydrogens (tertiary/aromatic N) is 2. The zero-order valence-electron chi connectivity index (χ0n) is 24.8. The molecule has 2 aromatic carbocycles. The number of hydrogen-bond acceptors (Lipinski definition) is 8. The van der Waals surface area contributed by atoms with E-state index < -0.39 is 83.4 Å². The number of amides is 4. The Morgan fingerprint density at radius 2 is 1.70 bits per heavy atom. The third-order valence-corrected chi connectivity index (χ3v) is 10.3. The molecule has 4 amide bonds. The molecule has 13 heteroatoms. The second kappa shape index (κ2) is 11.5. The van der Waals surface area contributed by atoms with Crippen molar-refractivity contribution in [1.29, 1.82) is 0 Å². The number of anilines is 1. The summed E-state index contributed by atoms with van der Waals surface area (Å²) >= 11 is 6.27. The van der Waals surface area contributed by atoms with Crippen LogP contribution in [0.15, 0.2) is 76.7 Å². The first-order valence-electron chi connectivity index (χ1n) is 15.2. The van der Waals surface area contributed by atoms with Crippen molar-refractivity contribution in [3.63, 3.8) is 0 Å². The molecular formula is C34H29ClFN3O8. The first-order valence-corrected chi connectivity index (χ1v) is 15.6. The van der Waals surface area contributed by atoms with E-state index in [1.165, 1.54) is 24.3 Å². The van der Waals surface area contributed by atoms with E-state index in [1.54, 1.807) is 36.4 Å². The van der Waals surface area contributed by atoms with E-state index in [9.17, 15) is 38.6 Å². The Bertz CT molecular complexity index is 1840. The summed E-state index contributed by atoms with van der Waals surface area (Å²) in [6, 6.07) is 15.0. The number of hydrazine groups is 1. The largest absolute Gasteiger partial charge is 0.481 e. The van der Waals surface area contributed by atoms with Crippen LogP contribution in [0.5, 0.6) is 0 Å². The third-order valence-electron chi connectivity index (χ3n) is 10.0. The van der Waals surface area contributed by atoms with Gasteiger partial charge in [0.25, 0.3) is 11.8 Å². The molecule has 242 valence electrons. The van der Waals surface area contributed by atoms with Crippen LogP contribution in [0, 0.1) is 29.5 Å². The number of imide groups is 2. The molecule has 6 atom stereocenters. The van der Waals surface area contributed by atoms with Crippen molar-refractivity contribution in [2.24, 2.45) is 23.7 Å². The Balaban J connectivity index is 1.41. The predicted molar refractivity (Wildman–Crippen MR) is 163 cm³/mol. The molecule has 3 heterocycles. The smallest absolute Gasteiger partial charge is 0.305 e. The Kier molecular flexibility index (Phi) is 7.52. The summed E-state index contributed by atoms with van der Waals surface area (Å²) < 4.78 is 19.8. The number of furan rings is 1. The number of nitrogens with one attached hydrogen (secondary N) is 1. The van der Waals surface area contributed by atoms with E-state index in [4.69, 9.17) is 16.0 Å². The molecule has 0 spiro atoms. The predicted octanol–water partition coefficient (Wildman–Crippen LogP) is 4.02. The molecule has 11 nitrogen and oxygen atoms in total. The van der Waals surface area contributed by atoms with Crippen LogP contribution in [0.2, 0.25) is 5.02 Å². The van der Waals surface area contributed by atoms with Crippen molar-refractivity contribution in [2.45, 2.75) is 37.2 Å². The van der Waals surface area contributed by atoms with Crippen LogP contribution in [0.4, 0.5) is 10.1 Å². The highest BCUT2D eigenvalue weighted by molar-refractivity contribution is 6.30. The van der Waals surface area contributed by atoms with Crippen LogP contribution >= 0.6 is 11.6 Å².